The Morgan fingerprint density at radius 3 is 2.55 bits per heavy atom. The Labute approximate surface area is 173 Å². The number of carbonyl (C=O) groups is 2. The van der Waals surface area contributed by atoms with Gasteiger partial charge in [0, 0.05) is 24.2 Å². The van der Waals surface area contributed by atoms with Crippen LogP contribution in [0.5, 0.6) is 0 Å². The highest BCUT2D eigenvalue weighted by molar-refractivity contribution is 5.93. The third-order valence-electron chi connectivity index (χ3n) is 4.22. The minimum absolute atomic E-state index is 0.0627. The number of rotatable bonds is 3. The third kappa shape index (κ3) is 5.92. The lowest BCUT2D eigenvalue weighted by Crippen LogP contribution is -2.41. The molecule has 1 aromatic carbocycles. The molecule has 0 unspecified atom stereocenters. The summed E-state index contributed by atoms with van der Waals surface area (Å²) in [6, 6.07) is 11.3. The van der Waals surface area contributed by atoms with Crippen LogP contribution in [-0.4, -0.2) is 69.5 Å². The summed E-state index contributed by atoms with van der Waals surface area (Å²) >= 11 is 0. The second kappa shape index (κ2) is 9.43. The summed E-state index contributed by atoms with van der Waals surface area (Å²) < 4.78 is 37.0. The summed E-state index contributed by atoms with van der Waals surface area (Å²) in [6.07, 6.45) is -3.31. The SMILES string of the molecule is O=C(O)C(F)(F)F.O=C(c1cccc(Nc2ccc3[nH]ncc3c2)n1)N1CCOCC1. The Morgan fingerprint density at radius 2 is 1.87 bits per heavy atom. The predicted molar refractivity (Wildman–Crippen MR) is 104 cm³/mol. The van der Waals surface area contributed by atoms with Gasteiger partial charge in [-0.05, 0) is 30.3 Å². The van der Waals surface area contributed by atoms with Gasteiger partial charge in [0.05, 0.1) is 24.9 Å². The number of aromatic amines is 1. The van der Waals surface area contributed by atoms with Gasteiger partial charge in [0.25, 0.3) is 5.91 Å². The fourth-order valence-corrected chi connectivity index (χ4v) is 2.72. The molecule has 1 aliphatic heterocycles. The molecule has 1 saturated heterocycles. The van der Waals surface area contributed by atoms with Crippen molar-refractivity contribution in [3.8, 4) is 0 Å². The van der Waals surface area contributed by atoms with E-state index in [2.05, 4.69) is 20.5 Å². The van der Waals surface area contributed by atoms with Crippen LogP contribution in [0, 0.1) is 0 Å². The molecule has 0 atom stereocenters. The molecule has 12 heteroatoms. The first-order chi connectivity index (χ1) is 14.7. The zero-order valence-corrected chi connectivity index (χ0v) is 16.0. The van der Waals surface area contributed by atoms with E-state index in [1.807, 2.05) is 30.3 Å². The minimum atomic E-state index is -5.08. The lowest BCUT2D eigenvalue weighted by Gasteiger charge is -2.26. The van der Waals surface area contributed by atoms with Gasteiger partial charge < -0.3 is 20.1 Å². The van der Waals surface area contributed by atoms with E-state index in [1.54, 1.807) is 17.2 Å². The number of carboxylic acids is 1. The summed E-state index contributed by atoms with van der Waals surface area (Å²) in [4.78, 5) is 27.6. The standard InChI is InChI=1S/C17H17N5O2.C2HF3O2/c23-17(22-6-8-24-9-7-22)15-2-1-3-16(20-15)19-13-4-5-14-12(10-13)11-18-21-14;3-2(4,5)1(6)7/h1-5,10-11H,6-9H2,(H,18,21)(H,19,20);(H,6,7). The maximum Gasteiger partial charge on any atom is 0.490 e. The molecule has 1 aliphatic rings. The number of carboxylic acid groups (broad SMARTS) is 1. The van der Waals surface area contributed by atoms with Crippen LogP contribution in [0.2, 0.25) is 0 Å². The zero-order valence-electron chi connectivity index (χ0n) is 16.0. The summed E-state index contributed by atoms with van der Waals surface area (Å²) in [5, 5.41) is 18.3. The third-order valence-corrected chi connectivity index (χ3v) is 4.22. The number of morpholine rings is 1. The van der Waals surface area contributed by atoms with Crippen LogP contribution in [-0.2, 0) is 9.53 Å². The number of nitrogens with one attached hydrogen (secondary N) is 2. The molecule has 0 radical (unpaired) electrons. The number of hydrogen-bond acceptors (Lipinski definition) is 6. The van der Waals surface area contributed by atoms with E-state index in [4.69, 9.17) is 14.6 Å². The number of pyridine rings is 1. The van der Waals surface area contributed by atoms with Crippen LogP contribution in [0.25, 0.3) is 10.9 Å². The Kier molecular flexibility index (Phi) is 6.70. The van der Waals surface area contributed by atoms with E-state index in [1.165, 1.54) is 0 Å². The van der Waals surface area contributed by atoms with E-state index in [0.717, 1.165) is 16.6 Å². The number of hydrogen-bond donors (Lipinski definition) is 3. The molecule has 1 amide bonds. The van der Waals surface area contributed by atoms with Crippen LogP contribution in [0.4, 0.5) is 24.7 Å². The fourth-order valence-electron chi connectivity index (χ4n) is 2.72. The summed E-state index contributed by atoms with van der Waals surface area (Å²) in [7, 11) is 0. The van der Waals surface area contributed by atoms with Crippen molar-refractivity contribution < 1.29 is 32.6 Å². The molecule has 3 aromatic rings. The van der Waals surface area contributed by atoms with Gasteiger partial charge in [0.15, 0.2) is 0 Å². The molecule has 0 spiro atoms. The average Bonchev–Trinajstić information content (AvgIpc) is 3.22. The quantitative estimate of drug-likeness (QED) is 0.576. The summed E-state index contributed by atoms with van der Waals surface area (Å²) in [6.45, 7) is 2.37. The van der Waals surface area contributed by atoms with Crippen molar-refractivity contribution in [3.63, 3.8) is 0 Å². The lowest BCUT2D eigenvalue weighted by molar-refractivity contribution is -0.192. The Hall–Kier alpha value is -3.67. The largest absolute Gasteiger partial charge is 0.490 e. The number of aromatic nitrogens is 3. The first kappa shape index (κ1) is 22.0. The van der Waals surface area contributed by atoms with Gasteiger partial charge in [-0.2, -0.15) is 18.3 Å². The molecule has 9 nitrogen and oxygen atoms in total. The normalized spacial score (nSPS) is 14.0. The van der Waals surface area contributed by atoms with Crippen molar-refractivity contribution in [3.05, 3.63) is 48.3 Å². The number of nitrogens with zero attached hydrogens (tertiary/aromatic N) is 3. The maximum atomic E-state index is 12.5. The minimum Gasteiger partial charge on any atom is -0.475 e. The summed E-state index contributed by atoms with van der Waals surface area (Å²) in [5.41, 5.74) is 2.31. The molecule has 31 heavy (non-hydrogen) atoms. The molecule has 3 heterocycles. The molecule has 0 bridgehead atoms. The first-order valence-electron chi connectivity index (χ1n) is 9.08. The molecule has 4 rings (SSSR count). The number of ether oxygens (including phenoxy) is 1. The smallest absolute Gasteiger partial charge is 0.475 e. The van der Waals surface area contributed by atoms with Crippen LogP contribution in [0.1, 0.15) is 10.5 Å². The van der Waals surface area contributed by atoms with Gasteiger partial charge in [-0.1, -0.05) is 6.07 Å². The molecule has 0 saturated carbocycles. The number of benzene rings is 1. The van der Waals surface area contributed by atoms with E-state index < -0.39 is 12.1 Å². The van der Waals surface area contributed by atoms with Gasteiger partial charge in [0.2, 0.25) is 0 Å². The maximum absolute atomic E-state index is 12.5. The van der Waals surface area contributed by atoms with Crippen molar-refractivity contribution >= 4 is 34.3 Å². The molecule has 3 N–H and O–H groups in total. The van der Waals surface area contributed by atoms with Crippen LogP contribution >= 0.6 is 0 Å². The fraction of sp³-hybridized carbons (Fsp3) is 0.263. The zero-order chi connectivity index (χ0) is 22.4. The monoisotopic (exact) mass is 437 g/mol. The van der Waals surface area contributed by atoms with Gasteiger partial charge in [-0.3, -0.25) is 9.89 Å². The highest BCUT2D eigenvalue weighted by Crippen LogP contribution is 2.20. The number of carbonyl (C=O) groups excluding carboxylic acids is 1. The predicted octanol–water partition coefficient (Wildman–Crippen LogP) is 2.81. The van der Waals surface area contributed by atoms with Crippen molar-refractivity contribution in [2.45, 2.75) is 6.18 Å². The van der Waals surface area contributed by atoms with E-state index in [9.17, 15) is 18.0 Å². The van der Waals surface area contributed by atoms with E-state index >= 15 is 0 Å². The average molecular weight is 437 g/mol. The number of alkyl halides is 3. The summed E-state index contributed by atoms with van der Waals surface area (Å²) in [5.74, 6) is -2.18. The van der Waals surface area contributed by atoms with Crippen molar-refractivity contribution in [2.75, 3.05) is 31.6 Å². The van der Waals surface area contributed by atoms with Gasteiger partial charge in [-0.25, -0.2) is 9.78 Å². The molecule has 1 fully saturated rings. The number of fused-ring (bicyclic) bond motifs is 1. The molecule has 164 valence electrons. The number of amides is 1. The van der Waals surface area contributed by atoms with Crippen molar-refractivity contribution in [1.29, 1.82) is 0 Å². The Morgan fingerprint density at radius 1 is 1.16 bits per heavy atom. The lowest BCUT2D eigenvalue weighted by atomic mass is 10.2. The number of H-pyrrole nitrogens is 1. The molecule has 0 aliphatic carbocycles. The molecular weight excluding hydrogens is 419 g/mol. The van der Waals surface area contributed by atoms with E-state index in [0.29, 0.717) is 37.8 Å². The van der Waals surface area contributed by atoms with E-state index in [-0.39, 0.29) is 5.91 Å². The molecular formula is C19H18F3N5O4. The topological polar surface area (TPSA) is 120 Å². The Balaban J connectivity index is 0.000000339. The number of anilines is 2. The Bertz CT molecular complexity index is 1060. The van der Waals surface area contributed by atoms with Crippen LogP contribution in [0.3, 0.4) is 0 Å². The van der Waals surface area contributed by atoms with Gasteiger partial charge in [0.1, 0.15) is 11.5 Å². The first-order valence-corrected chi connectivity index (χ1v) is 9.08. The molecule has 2 aromatic heterocycles. The van der Waals surface area contributed by atoms with Crippen LogP contribution in [0.15, 0.2) is 42.6 Å². The highest BCUT2D eigenvalue weighted by atomic mass is 19.4. The van der Waals surface area contributed by atoms with Gasteiger partial charge in [-0.15, -0.1) is 0 Å². The van der Waals surface area contributed by atoms with Crippen LogP contribution < -0.4 is 5.32 Å². The van der Waals surface area contributed by atoms with Gasteiger partial charge >= 0.3 is 12.1 Å². The van der Waals surface area contributed by atoms with Crippen molar-refractivity contribution in [2.24, 2.45) is 0 Å². The second-order valence-electron chi connectivity index (χ2n) is 6.41. The second-order valence-corrected chi connectivity index (χ2v) is 6.41. The number of halogens is 3. The number of aliphatic carboxylic acids is 1. The van der Waals surface area contributed by atoms with Crippen molar-refractivity contribution in [1.82, 2.24) is 20.1 Å². The highest BCUT2D eigenvalue weighted by Gasteiger charge is 2.38.